The monoisotopic (exact) mass is 143 g/mol. The van der Waals surface area contributed by atoms with Crippen LogP contribution in [0.1, 0.15) is 26.7 Å². The fraction of sp³-hybridized carbons (Fsp3) is 1.00. The van der Waals surface area contributed by atoms with Crippen molar-refractivity contribution >= 4 is 0 Å². The number of hydrogen-bond donors (Lipinski definition) is 1. The molecule has 0 bridgehead atoms. The molecule has 1 fully saturated rings. The van der Waals surface area contributed by atoms with Gasteiger partial charge in [0.1, 0.15) is 0 Å². The van der Waals surface area contributed by atoms with Crippen LogP contribution in [0, 0.1) is 0 Å². The second-order valence-corrected chi connectivity index (χ2v) is 3.63. The summed E-state index contributed by atoms with van der Waals surface area (Å²) < 4.78 is 0. The zero-order valence-corrected chi connectivity index (χ0v) is 6.93. The molecule has 2 nitrogen and oxygen atoms in total. The summed E-state index contributed by atoms with van der Waals surface area (Å²) in [4.78, 5) is 2.35. The van der Waals surface area contributed by atoms with Crippen molar-refractivity contribution in [2.75, 3.05) is 19.7 Å². The van der Waals surface area contributed by atoms with Gasteiger partial charge in [0.25, 0.3) is 0 Å². The molecule has 0 aromatic rings. The molecule has 0 spiro atoms. The van der Waals surface area contributed by atoms with Crippen molar-refractivity contribution in [3.8, 4) is 0 Å². The van der Waals surface area contributed by atoms with E-state index in [1.54, 1.807) is 0 Å². The van der Waals surface area contributed by atoms with Crippen LogP contribution in [0.15, 0.2) is 0 Å². The lowest BCUT2D eigenvalue weighted by atomic mass is 10.0. The Morgan fingerprint density at radius 1 is 1.50 bits per heavy atom. The highest BCUT2D eigenvalue weighted by Gasteiger charge is 2.30. The fourth-order valence-electron chi connectivity index (χ4n) is 1.70. The topological polar surface area (TPSA) is 23.5 Å². The lowest BCUT2D eigenvalue weighted by Gasteiger charge is -2.30. The van der Waals surface area contributed by atoms with E-state index in [0.717, 1.165) is 13.1 Å². The molecule has 0 aromatic carbocycles. The Morgan fingerprint density at radius 3 is 2.60 bits per heavy atom. The lowest BCUT2D eigenvalue weighted by molar-refractivity contribution is 0.136. The molecule has 1 N–H and O–H groups in total. The van der Waals surface area contributed by atoms with E-state index >= 15 is 0 Å². The van der Waals surface area contributed by atoms with Gasteiger partial charge in [-0.3, -0.25) is 4.90 Å². The Labute approximate surface area is 62.8 Å². The molecule has 1 heterocycles. The van der Waals surface area contributed by atoms with Crippen molar-refractivity contribution in [3.05, 3.63) is 0 Å². The SMILES string of the molecule is CC1(C)CCCN1CCO. The number of β-amino-alcohol motifs (C(OH)–C–C–N with tert-alkyl or cyclic N) is 1. The maximum atomic E-state index is 8.72. The minimum atomic E-state index is 0.295. The minimum Gasteiger partial charge on any atom is -0.395 e. The molecular formula is C8H17NO. The van der Waals surface area contributed by atoms with Crippen LogP contribution in [0.5, 0.6) is 0 Å². The van der Waals surface area contributed by atoms with Gasteiger partial charge in [0.15, 0.2) is 0 Å². The van der Waals surface area contributed by atoms with Gasteiger partial charge in [-0.2, -0.15) is 0 Å². The summed E-state index contributed by atoms with van der Waals surface area (Å²) >= 11 is 0. The van der Waals surface area contributed by atoms with Crippen LogP contribution in [-0.2, 0) is 0 Å². The second-order valence-electron chi connectivity index (χ2n) is 3.63. The first-order valence-corrected chi connectivity index (χ1v) is 4.03. The summed E-state index contributed by atoms with van der Waals surface area (Å²) in [6.07, 6.45) is 2.56. The molecule has 1 aliphatic rings. The van der Waals surface area contributed by atoms with Crippen molar-refractivity contribution in [2.45, 2.75) is 32.2 Å². The predicted octanol–water partition coefficient (Wildman–Crippen LogP) is 0.853. The smallest absolute Gasteiger partial charge is 0.0558 e. The largest absolute Gasteiger partial charge is 0.395 e. The molecule has 10 heavy (non-hydrogen) atoms. The van der Waals surface area contributed by atoms with Crippen molar-refractivity contribution in [1.29, 1.82) is 0 Å². The van der Waals surface area contributed by atoms with Gasteiger partial charge in [-0.05, 0) is 33.2 Å². The predicted molar refractivity (Wildman–Crippen MR) is 42.0 cm³/mol. The molecule has 0 aliphatic carbocycles. The van der Waals surface area contributed by atoms with E-state index in [1.165, 1.54) is 12.8 Å². The standard InChI is InChI=1S/C8H17NO/c1-8(2)4-3-5-9(8)6-7-10/h10H,3-7H2,1-2H3. The van der Waals surface area contributed by atoms with Crippen LogP contribution in [-0.4, -0.2) is 35.2 Å². The zero-order chi connectivity index (χ0) is 7.61. The van der Waals surface area contributed by atoms with Gasteiger partial charge in [0.2, 0.25) is 0 Å². The van der Waals surface area contributed by atoms with Crippen LogP contribution in [0.3, 0.4) is 0 Å². The molecule has 0 unspecified atom stereocenters. The number of rotatable bonds is 2. The van der Waals surface area contributed by atoms with Crippen LogP contribution in [0.4, 0.5) is 0 Å². The van der Waals surface area contributed by atoms with Crippen molar-refractivity contribution in [1.82, 2.24) is 4.90 Å². The molecule has 0 amide bonds. The summed E-state index contributed by atoms with van der Waals surface area (Å²) in [5, 5.41) is 8.72. The second kappa shape index (κ2) is 2.89. The highest BCUT2D eigenvalue weighted by atomic mass is 16.3. The number of nitrogens with zero attached hydrogens (tertiary/aromatic N) is 1. The summed E-state index contributed by atoms with van der Waals surface area (Å²) in [5.74, 6) is 0. The zero-order valence-electron chi connectivity index (χ0n) is 6.93. The van der Waals surface area contributed by atoms with Gasteiger partial charge >= 0.3 is 0 Å². The molecule has 1 aliphatic heterocycles. The highest BCUT2D eigenvalue weighted by molar-refractivity contribution is 4.87. The molecule has 0 radical (unpaired) electrons. The van der Waals surface area contributed by atoms with E-state index in [0.29, 0.717) is 12.1 Å². The third-order valence-electron chi connectivity index (χ3n) is 2.44. The van der Waals surface area contributed by atoms with Crippen LogP contribution >= 0.6 is 0 Å². The van der Waals surface area contributed by atoms with Crippen molar-refractivity contribution in [2.24, 2.45) is 0 Å². The molecule has 2 heteroatoms. The van der Waals surface area contributed by atoms with Crippen LogP contribution < -0.4 is 0 Å². The van der Waals surface area contributed by atoms with Gasteiger partial charge in [-0.15, -0.1) is 0 Å². The van der Waals surface area contributed by atoms with E-state index in [1.807, 2.05) is 0 Å². The van der Waals surface area contributed by atoms with Gasteiger partial charge in [0.05, 0.1) is 6.61 Å². The summed E-state index contributed by atoms with van der Waals surface area (Å²) in [5.41, 5.74) is 0.336. The fourth-order valence-corrected chi connectivity index (χ4v) is 1.70. The van der Waals surface area contributed by atoms with Crippen LogP contribution in [0.2, 0.25) is 0 Å². The van der Waals surface area contributed by atoms with Gasteiger partial charge in [0, 0.05) is 12.1 Å². The Kier molecular flexibility index (Phi) is 2.32. The van der Waals surface area contributed by atoms with Crippen LogP contribution in [0.25, 0.3) is 0 Å². The Bertz CT molecular complexity index is 112. The maximum Gasteiger partial charge on any atom is 0.0558 e. The third kappa shape index (κ3) is 1.50. The molecule has 1 rings (SSSR count). The molecular weight excluding hydrogens is 126 g/mol. The first-order valence-electron chi connectivity index (χ1n) is 4.03. The van der Waals surface area contributed by atoms with E-state index in [2.05, 4.69) is 18.7 Å². The van der Waals surface area contributed by atoms with Gasteiger partial charge in [-0.1, -0.05) is 0 Å². The number of hydrogen-bond acceptors (Lipinski definition) is 2. The molecule has 0 saturated carbocycles. The van der Waals surface area contributed by atoms with Gasteiger partial charge in [-0.25, -0.2) is 0 Å². The van der Waals surface area contributed by atoms with E-state index < -0.39 is 0 Å². The van der Waals surface area contributed by atoms with E-state index in [-0.39, 0.29) is 0 Å². The van der Waals surface area contributed by atoms with Crippen molar-refractivity contribution in [3.63, 3.8) is 0 Å². The lowest BCUT2D eigenvalue weighted by Crippen LogP contribution is -2.39. The quantitative estimate of drug-likeness (QED) is 0.619. The molecule has 0 aromatic heterocycles. The highest BCUT2D eigenvalue weighted by Crippen LogP contribution is 2.27. The number of aliphatic hydroxyl groups excluding tert-OH is 1. The third-order valence-corrected chi connectivity index (χ3v) is 2.44. The maximum absolute atomic E-state index is 8.72. The number of likely N-dealkylation sites (tertiary alicyclic amines) is 1. The Balaban J connectivity index is 2.43. The minimum absolute atomic E-state index is 0.295. The van der Waals surface area contributed by atoms with Crippen molar-refractivity contribution < 1.29 is 5.11 Å². The first kappa shape index (κ1) is 8.02. The molecule has 60 valence electrons. The van der Waals surface area contributed by atoms with E-state index in [4.69, 9.17) is 5.11 Å². The average molecular weight is 143 g/mol. The Morgan fingerprint density at radius 2 is 2.20 bits per heavy atom. The number of aliphatic hydroxyl groups is 1. The van der Waals surface area contributed by atoms with Gasteiger partial charge < -0.3 is 5.11 Å². The average Bonchev–Trinajstić information content (AvgIpc) is 2.13. The summed E-state index contributed by atoms with van der Waals surface area (Å²) in [6.45, 7) is 6.79. The Hall–Kier alpha value is -0.0800. The normalized spacial score (nSPS) is 25.5. The first-order chi connectivity index (χ1) is 4.67. The summed E-state index contributed by atoms with van der Waals surface area (Å²) in [6, 6.07) is 0. The molecule has 1 saturated heterocycles. The summed E-state index contributed by atoms with van der Waals surface area (Å²) in [7, 11) is 0. The van der Waals surface area contributed by atoms with E-state index in [9.17, 15) is 0 Å². The molecule has 0 atom stereocenters.